The van der Waals surface area contributed by atoms with Crippen molar-refractivity contribution >= 4 is 0 Å². The first-order chi connectivity index (χ1) is 4.86. The van der Waals surface area contributed by atoms with Crippen molar-refractivity contribution in [3.8, 4) is 0 Å². The van der Waals surface area contributed by atoms with E-state index in [2.05, 4.69) is 17.1 Å². The Labute approximate surface area is 60.3 Å². The second-order valence-corrected chi connectivity index (χ2v) is 2.76. The van der Waals surface area contributed by atoms with Crippen LogP contribution in [0.4, 0.5) is 0 Å². The van der Waals surface area contributed by atoms with E-state index in [4.69, 9.17) is 0 Å². The summed E-state index contributed by atoms with van der Waals surface area (Å²) in [6.07, 6.45) is 4.24. The molecule has 1 fully saturated rings. The van der Waals surface area contributed by atoms with Gasteiger partial charge in [-0.25, -0.2) is 0 Å². The van der Waals surface area contributed by atoms with Gasteiger partial charge in [0.25, 0.3) is 0 Å². The molecule has 0 unspecified atom stereocenters. The Bertz CT molecular complexity index is 241. The number of hydrogen-bond acceptors (Lipinski definition) is 2. The van der Waals surface area contributed by atoms with Gasteiger partial charge in [0.15, 0.2) is 0 Å². The monoisotopic (exact) mass is 133 g/mol. The summed E-state index contributed by atoms with van der Waals surface area (Å²) in [6.45, 7) is 3.79. The van der Waals surface area contributed by atoms with Crippen molar-refractivity contribution in [3.63, 3.8) is 0 Å². The van der Waals surface area contributed by atoms with Crippen LogP contribution in [0.15, 0.2) is 12.3 Å². The maximum Gasteiger partial charge on any atom is 0.0664 e. The van der Waals surface area contributed by atoms with Gasteiger partial charge in [0.05, 0.1) is 11.9 Å². The van der Waals surface area contributed by atoms with Crippen LogP contribution in [0.25, 0.3) is 0 Å². The summed E-state index contributed by atoms with van der Waals surface area (Å²) in [4.78, 5) is 0. The Kier molecular flexibility index (Phi) is 1.19. The van der Waals surface area contributed by atoms with E-state index in [9.17, 15) is 0 Å². The van der Waals surface area contributed by atoms with Crippen LogP contribution in [0.5, 0.6) is 0 Å². The quantitative estimate of drug-likeness (QED) is 0.580. The predicted molar refractivity (Wildman–Crippen MR) is 38.5 cm³/mol. The molecule has 2 heteroatoms. The molecule has 1 aliphatic carbocycles. The zero-order chi connectivity index (χ0) is 6.97. The van der Waals surface area contributed by atoms with Crippen LogP contribution in [0.1, 0.15) is 30.0 Å². The van der Waals surface area contributed by atoms with Gasteiger partial charge in [-0.3, -0.25) is 0 Å². The van der Waals surface area contributed by atoms with E-state index in [-0.39, 0.29) is 0 Å². The zero-order valence-electron chi connectivity index (χ0n) is 5.75. The summed E-state index contributed by atoms with van der Waals surface area (Å²) < 4.78 is 0. The second-order valence-electron chi connectivity index (χ2n) is 2.76. The first-order valence-electron chi connectivity index (χ1n) is 3.51. The van der Waals surface area contributed by atoms with Gasteiger partial charge in [-0.05, 0) is 31.4 Å². The fraction of sp³-hybridized carbons (Fsp3) is 0.375. The van der Waals surface area contributed by atoms with Crippen molar-refractivity contribution in [2.24, 2.45) is 0 Å². The van der Waals surface area contributed by atoms with Crippen molar-refractivity contribution in [3.05, 3.63) is 30.4 Å². The Morgan fingerprint density at radius 3 is 2.90 bits per heavy atom. The third kappa shape index (κ3) is 1.01. The molecule has 0 aromatic carbocycles. The molecule has 1 aromatic heterocycles. The number of rotatable bonds is 1. The fourth-order valence-electron chi connectivity index (χ4n) is 1.00. The second kappa shape index (κ2) is 2.04. The van der Waals surface area contributed by atoms with Gasteiger partial charge in [0, 0.05) is 5.92 Å². The van der Waals surface area contributed by atoms with Crippen molar-refractivity contribution in [1.82, 2.24) is 10.2 Å². The largest absolute Gasteiger partial charge is 0.159 e. The summed E-state index contributed by atoms with van der Waals surface area (Å²) in [7, 11) is 0. The molecule has 0 amide bonds. The van der Waals surface area contributed by atoms with Crippen molar-refractivity contribution in [1.29, 1.82) is 0 Å². The fourth-order valence-corrected chi connectivity index (χ4v) is 1.00. The molecule has 1 aliphatic rings. The third-order valence-corrected chi connectivity index (χ3v) is 1.73. The molecule has 1 saturated carbocycles. The van der Waals surface area contributed by atoms with Gasteiger partial charge >= 0.3 is 0 Å². The number of hydrogen-bond donors (Lipinski definition) is 0. The van der Waals surface area contributed by atoms with Gasteiger partial charge in [-0.1, -0.05) is 0 Å². The summed E-state index contributed by atoms with van der Waals surface area (Å²) in [5.74, 6) is 0.689. The Hall–Kier alpha value is -0.920. The molecule has 2 rings (SSSR count). The molecule has 0 N–H and O–H groups in total. The molecular weight excluding hydrogens is 124 g/mol. The highest BCUT2D eigenvalue weighted by molar-refractivity contribution is 5.20. The van der Waals surface area contributed by atoms with Crippen LogP contribution in [0.3, 0.4) is 0 Å². The lowest BCUT2D eigenvalue weighted by Crippen LogP contribution is -1.89. The number of nitrogens with zero attached hydrogens (tertiary/aromatic N) is 2. The van der Waals surface area contributed by atoms with E-state index in [0.29, 0.717) is 5.92 Å². The molecule has 0 aliphatic heterocycles. The lowest BCUT2D eigenvalue weighted by molar-refractivity contribution is 0.905. The van der Waals surface area contributed by atoms with E-state index in [1.54, 1.807) is 6.20 Å². The minimum absolute atomic E-state index is 0.689. The smallest absolute Gasteiger partial charge is 0.0664 e. The Balaban J connectivity index is 2.32. The summed E-state index contributed by atoms with van der Waals surface area (Å²) >= 11 is 0. The first kappa shape index (κ1) is 5.83. The lowest BCUT2D eigenvalue weighted by Gasteiger charge is -1.94. The molecular formula is C8H9N2. The molecule has 51 valence electrons. The first-order valence-corrected chi connectivity index (χ1v) is 3.51. The predicted octanol–water partition coefficient (Wildman–Crippen LogP) is 1.54. The third-order valence-electron chi connectivity index (χ3n) is 1.73. The van der Waals surface area contributed by atoms with Crippen molar-refractivity contribution < 1.29 is 0 Å². The van der Waals surface area contributed by atoms with E-state index in [0.717, 1.165) is 11.3 Å². The van der Waals surface area contributed by atoms with E-state index in [1.807, 2.05) is 6.07 Å². The van der Waals surface area contributed by atoms with Crippen LogP contribution in [-0.4, -0.2) is 10.2 Å². The average molecular weight is 133 g/mol. The van der Waals surface area contributed by atoms with Crippen LogP contribution in [0, 0.1) is 6.92 Å². The molecule has 1 radical (unpaired) electrons. The van der Waals surface area contributed by atoms with Crippen molar-refractivity contribution in [2.45, 2.75) is 18.8 Å². The standard InChI is InChI=1S/C8H9N2/c1-6-4-8(7-2-3-7)10-9-5-6/h4-5,7H,1-3H2. The Morgan fingerprint density at radius 1 is 1.50 bits per heavy atom. The molecule has 0 spiro atoms. The van der Waals surface area contributed by atoms with Crippen molar-refractivity contribution in [2.75, 3.05) is 0 Å². The SMILES string of the molecule is [CH2]c1cnnc(C2CC2)c1. The molecule has 0 saturated heterocycles. The highest BCUT2D eigenvalue weighted by atomic mass is 15.1. The summed E-state index contributed by atoms with van der Waals surface area (Å²) in [5, 5.41) is 7.84. The van der Waals surface area contributed by atoms with Crippen LogP contribution < -0.4 is 0 Å². The lowest BCUT2D eigenvalue weighted by atomic mass is 10.2. The molecule has 1 aromatic rings. The van der Waals surface area contributed by atoms with Crippen LogP contribution in [0.2, 0.25) is 0 Å². The van der Waals surface area contributed by atoms with Crippen LogP contribution >= 0.6 is 0 Å². The topological polar surface area (TPSA) is 25.8 Å². The molecule has 0 bridgehead atoms. The highest BCUT2D eigenvalue weighted by Gasteiger charge is 2.24. The van der Waals surface area contributed by atoms with E-state index >= 15 is 0 Å². The minimum Gasteiger partial charge on any atom is -0.159 e. The van der Waals surface area contributed by atoms with Gasteiger partial charge in [0.1, 0.15) is 0 Å². The van der Waals surface area contributed by atoms with E-state index in [1.165, 1.54) is 12.8 Å². The molecule has 10 heavy (non-hydrogen) atoms. The maximum absolute atomic E-state index is 4.01. The van der Waals surface area contributed by atoms with Crippen LogP contribution in [-0.2, 0) is 0 Å². The highest BCUT2D eigenvalue weighted by Crippen LogP contribution is 2.38. The molecule has 1 heterocycles. The minimum atomic E-state index is 0.689. The average Bonchev–Trinajstić information content (AvgIpc) is 2.68. The van der Waals surface area contributed by atoms with Gasteiger partial charge in [-0.2, -0.15) is 10.2 Å². The normalized spacial score (nSPS) is 17.3. The summed E-state index contributed by atoms with van der Waals surface area (Å²) in [5.41, 5.74) is 2.09. The number of aromatic nitrogens is 2. The Morgan fingerprint density at radius 2 is 2.30 bits per heavy atom. The van der Waals surface area contributed by atoms with E-state index < -0.39 is 0 Å². The maximum atomic E-state index is 4.01. The molecule has 2 nitrogen and oxygen atoms in total. The summed E-state index contributed by atoms with van der Waals surface area (Å²) in [6, 6.07) is 2.02. The molecule has 0 atom stereocenters. The van der Waals surface area contributed by atoms with Gasteiger partial charge < -0.3 is 0 Å². The van der Waals surface area contributed by atoms with Gasteiger partial charge in [0.2, 0.25) is 0 Å². The zero-order valence-corrected chi connectivity index (χ0v) is 5.75. The van der Waals surface area contributed by atoms with Gasteiger partial charge in [-0.15, -0.1) is 0 Å².